The molecule has 0 spiro atoms. The average molecular weight is 1080 g/mol. The van der Waals surface area contributed by atoms with Crippen molar-refractivity contribution in [1.82, 2.24) is 0 Å². The van der Waals surface area contributed by atoms with E-state index in [0.29, 0.717) is 17.4 Å². The zero-order chi connectivity index (χ0) is 56.2. The number of quaternary nitrogens is 1. The molecule has 0 aliphatic carbocycles. The van der Waals surface area contributed by atoms with Gasteiger partial charge in [-0.25, -0.2) is 0 Å². The molecule has 0 rings (SSSR count). The van der Waals surface area contributed by atoms with E-state index in [4.69, 9.17) is 18.9 Å². The van der Waals surface area contributed by atoms with Gasteiger partial charge in [-0.05, 0) is 89.9 Å². The number of carbonyl (C=O) groups excluding carboxylic acids is 3. The summed E-state index contributed by atoms with van der Waals surface area (Å²) in [6.07, 6.45) is 74.9. The third-order valence-electron chi connectivity index (χ3n) is 13.6. The molecule has 9 heteroatoms. The number of allylic oxidation sites excluding steroid dienone is 14. The molecule has 0 saturated heterocycles. The summed E-state index contributed by atoms with van der Waals surface area (Å²) in [5.41, 5.74) is 0. The van der Waals surface area contributed by atoms with Gasteiger partial charge in [0.05, 0.1) is 40.3 Å². The average Bonchev–Trinajstić information content (AvgIpc) is 3.40. The van der Waals surface area contributed by atoms with E-state index in [1.807, 2.05) is 21.1 Å². The summed E-state index contributed by atoms with van der Waals surface area (Å²) in [6.45, 7) is 4.64. The lowest BCUT2D eigenvalue weighted by Crippen LogP contribution is -2.44. The monoisotopic (exact) mass is 1080 g/mol. The molecule has 0 fully saturated rings. The van der Waals surface area contributed by atoms with Crippen LogP contribution in [0, 0.1) is 0 Å². The first-order valence-corrected chi connectivity index (χ1v) is 31.7. The van der Waals surface area contributed by atoms with Crippen molar-refractivity contribution in [3.05, 3.63) is 85.1 Å². The van der Waals surface area contributed by atoms with E-state index in [2.05, 4.69) is 98.9 Å². The Hall–Kier alpha value is -3.53. The standard InChI is InChI=1S/C68H119NO8/c1-6-8-10-12-14-16-18-20-22-24-26-28-30-32-33-35-36-38-40-42-44-46-48-50-52-54-56-58-65(70)75-62-64(63-76-68(67(72)73)74-61-60-69(3,4)5)77-66(71)59-57-55-53-51-49-47-45-43-41-39-37-34-31-29-27-25-23-21-19-17-15-13-11-9-7-2/h9,11,15,17-18,20-21,23-24,26-27,29,34,37,64,68H,6-8,10,12-14,16,19,22,25,28,30-33,35-36,38-63H2,1-5H3/b11-9-,17-15-,20-18-,23-21-,26-24-,29-27-,37-34-. The molecule has 0 aliphatic heterocycles. The number of carboxylic acids is 1. The first-order chi connectivity index (χ1) is 37.6. The molecular formula is C68H119NO8. The van der Waals surface area contributed by atoms with Gasteiger partial charge in [0.1, 0.15) is 13.2 Å². The van der Waals surface area contributed by atoms with Crippen LogP contribution in [0.1, 0.15) is 271 Å². The molecule has 2 unspecified atom stereocenters. The van der Waals surface area contributed by atoms with Crippen LogP contribution in [0.4, 0.5) is 0 Å². The molecule has 0 N–H and O–H groups in total. The third-order valence-corrected chi connectivity index (χ3v) is 13.6. The van der Waals surface area contributed by atoms with Crippen LogP contribution < -0.4 is 5.11 Å². The van der Waals surface area contributed by atoms with Gasteiger partial charge < -0.3 is 33.3 Å². The summed E-state index contributed by atoms with van der Waals surface area (Å²) in [5.74, 6) is -2.29. The van der Waals surface area contributed by atoms with Crippen molar-refractivity contribution in [1.29, 1.82) is 0 Å². The van der Waals surface area contributed by atoms with Crippen molar-refractivity contribution >= 4 is 17.9 Å². The van der Waals surface area contributed by atoms with E-state index in [-0.39, 0.29) is 38.6 Å². The van der Waals surface area contributed by atoms with Gasteiger partial charge in [0, 0.05) is 12.8 Å². The molecule has 444 valence electrons. The smallest absolute Gasteiger partial charge is 0.306 e. The highest BCUT2D eigenvalue weighted by atomic mass is 16.7. The first kappa shape index (κ1) is 73.5. The highest BCUT2D eigenvalue weighted by molar-refractivity contribution is 5.70. The second-order valence-corrected chi connectivity index (χ2v) is 22.3. The number of aliphatic carboxylic acids is 1. The molecule has 0 aromatic carbocycles. The fraction of sp³-hybridized carbons (Fsp3) is 0.750. The Morgan fingerprint density at radius 2 is 0.740 bits per heavy atom. The van der Waals surface area contributed by atoms with Crippen LogP contribution in [-0.4, -0.2) is 82.3 Å². The van der Waals surface area contributed by atoms with Gasteiger partial charge in [-0.2, -0.15) is 0 Å². The van der Waals surface area contributed by atoms with E-state index < -0.39 is 24.3 Å². The Morgan fingerprint density at radius 3 is 1.10 bits per heavy atom. The number of unbranched alkanes of at least 4 members (excludes halogenated alkanes) is 29. The maximum absolute atomic E-state index is 12.9. The fourth-order valence-corrected chi connectivity index (χ4v) is 8.77. The molecule has 0 bridgehead atoms. The summed E-state index contributed by atoms with van der Waals surface area (Å²) in [4.78, 5) is 37.4. The Balaban J connectivity index is 4.20. The number of esters is 2. The third kappa shape index (κ3) is 60.0. The minimum Gasteiger partial charge on any atom is -0.545 e. The van der Waals surface area contributed by atoms with Crippen LogP contribution >= 0.6 is 0 Å². The molecule has 0 amide bonds. The van der Waals surface area contributed by atoms with E-state index in [1.54, 1.807) is 0 Å². The SMILES string of the molecule is CC/C=C\C/C=C\C/C=C\C/C=C\C/C=C\CCCCCCCCCCCC(=O)OC(COC(=O)CCCCCCCCCCCCCCCCC/C=C\C/C=C\CCCCCCC)COC(OCC[N+](C)(C)C)C(=O)[O-]. The summed E-state index contributed by atoms with van der Waals surface area (Å²) in [5, 5.41) is 11.8. The maximum atomic E-state index is 12.9. The molecule has 0 aromatic heterocycles. The number of rotatable bonds is 58. The number of carbonyl (C=O) groups is 3. The topological polar surface area (TPSA) is 111 Å². The molecule has 0 aliphatic rings. The Bertz CT molecular complexity index is 1540. The van der Waals surface area contributed by atoms with Crippen molar-refractivity contribution < 1.29 is 42.9 Å². The quantitative estimate of drug-likeness (QED) is 0.0195. The second kappa shape index (κ2) is 58.6. The van der Waals surface area contributed by atoms with Crippen molar-refractivity contribution in [2.45, 2.75) is 283 Å². The summed E-state index contributed by atoms with van der Waals surface area (Å²) < 4.78 is 22.8. The van der Waals surface area contributed by atoms with E-state index in [9.17, 15) is 19.5 Å². The molecule has 0 aromatic rings. The number of likely N-dealkylation sites (N-methyl/N-ethyl adjacent to an activating group) is 1. The summed E-state index contributed by atoms with van der Waals surface area (Å²) >= 11 is 0. The van der Waals surface area contributed by atoms with Gasteiger partial charge in [-0.1, -0.05) is 253 Å². The van der Waals surface area contributed by atoms with E-state index >= 15 is 0 Å². The first-order valence-electron chi connectivity index (χ1n) is 31.7. The molecule has 0 heterocycles. The molecule has 0 radical (unpaired) electrons. The summed E-state index contributed by atoms with van der Waals surface area (Å²) in [6, 6.07) is 0. The molecule has 9 nitrogen and oxygen atoms in total. The molecule has 77 heavy (non-hydrogen) atoms. The van der Waals surface area contributed by atoms with Crippen LogP contribution in [0.15, 0.2) is 85.1 Å². The number of hydrogen-bond acceptors (Lipinski definition) is 8. The largest absolute Gasteiger partial charge is 0.545 e. The van der Waals surface area contributed by atoms with Gasteiger partial charge in [0.25, 0.3) is 0 Å². The zero-order valence-electron chi connectivity index (χ0n) is 50.6. The number of nitrogens with zero attached hydrogens (tertiary/aromatic N) is 1. The van der Waals surface area contributed by atoms with Crippen LogP contribution in [-0.2, 0) is 33.3 Å². The van der Waals surface area contributed by atoms with Gasteiger partial charge in [0.15, 0.2) is 12.4 Å². The zero-order valence-corrected chi connectivity index (χ0v) is 50.6. The minimum atomic E-state index is -1.63. The Kier molecular flexibility index (Phi) is 55.9. The molecule has 2 atom stereocenters. The fourth-order valence-electron chi connectivity index (χ4n) is 8.77. The van der Waals surface area contributed by atoms with Crippen LogP contribution in [0.3, 0.4) is 0 Å². The Morgan fingerprint density at radius 1 is 0.403 bits per heavy atom. The highest BCUT2D eigenvalue weighted by Crippen LogP contribution is 2.16. The lowest BCUT2D eigenvalue weighted by Gasteiger charge is -2.26. The van der Waals surface area contributed by atoms with Gasteiger partial charge in [-0.15, -0.1) is 0 Å². The predicted molar refractivity (Wildman–Crippen MR) is 324 cm³/mol. The lowest BCUT2D eigenvalue weighted by atomic mass is 10.0. The summed E-state index contributed by atoms with van der Waals surface area (Å²) in [7, 11) is 5.92. The molecular weight excluding hydrogens is 959 g/mol. The number of carboxylic acid groups (broad SMARTS) is 1. The van der Waals surface area contributed by atoms with Crippen molar-refractivity contribution in [3.8, 4) is 0 Å². The normalized spacial score (nSPS) is 13.3. The van der Waals surface area contributed by atoms with Crippen LogP contribution in [0.2, 0.25) is 0 Å². The maximum Gasteiger partial charge on any atom is 0.306 e. The Labute approximate surface area is 474 Å². The highest BCUT2D eigenvalue weighted by Gasteiger charge is 2.22. The minimum absolute atomic E-state index is 0.143. The van der Waals surface area contributed by atoms with Crippen LogP contribution in [0.5, 0.6) is 0 Å². The predicted octanol–water partition coefficient (Wildman–Crippen LogP) is 17.8. The lowest BCUT2D eigenvalue weighted by molar-refractivity contribution is -0.870. The second-order valence-electron chi connectivity index (χ2n) is 22.3. The van der Waals surface area contributed by atoms with Gasteiger partial charge >= 0.3 is 11.9 Å². The number of ether oxygens (including phenoxy) is 4. The van der Waals surface area contributed by atoms with Crippen LogP contribution in [0.25, 0.3) is 0 Å². The van der Waals surface area contributed by atoms with E-state index in [1.165, 1.54) is 154 Å². The van der Waals surface area contributed by atoms with Gasteiger partial charge in [-0.3, -0.25) is 9.59 Å². The van der Waals surface area contributed by atoms with E-state index in [0.717, 1.165) is 83.5 Å². The number of hydrogen-bond donors (Lipinski definition) is 0. The van der Waals surface area contributed by atoms with Gasteiger partial charge in [0.2, 0.25) is 0 Å². The van der Waals surface area contributed by atoms with Crippen molar-refractivity contribution in [2.75, 3.05) is 47.5 Å². The van der Waals surface area contributed by atoms with Crippen molar-refractivity contribution in [3.63, 3.8) is 0 Å². The van der Waals surface area contributed by atoms with Crippen molar-refractivity contribution in [2.24, 2.45) is 0 Å². The molecule has 0 saturated carbocycles.